The average molecular weight is 405 g/mol. The van der Waals surface area contributed by atoms with E-state index in [9.17, 15) is 5.11 Å². The highest BCUT2D eigenvalue weighted by atomic mass is 16.7. The molecule has 168 valence electrons. The van der Waals surface area contributed by atoms with Crippen LogP contribution in [0.15, 0.2) is 0 Å². The van der Waals surface area contributed by atoms with Crippen molar-refractivity contribution in [3.8, 4) is 0 Å². The topological polar surface area (TPSA) is 66.4 Å². The van der Waals surface area contributed by atoms with Crippen LogP contribution >= 0.6 is 0 Å². The van der Waals surface area contributed by atoms with E-state index in [1.165, 1.54) is 0 Å². The van der Waals surface area contributed by atoms with Crippen molar-refractivity contribution in [1.29, 1.82) is 0 Å². The molecule has 0 amide bonds. The van der Waals surface area contributed by atoms with E-state index in [-0.39, 0.29) is 18.3 Å². The highest BCUT2D eigenvalue weighted by Crippen LogP contribution is 2.28. The van der Waals surface area contributed by atoms with Crippen LogP contribution in [0.1, 0.15) is 79.1 Å². The van der Waals surface area contributed by atoms with Gasteiger partial charge in [-0.1, -0.05) is 53.4 Å². The van der Waals surface area contributed by atoms with E-state index in [0.29, 0.717) is 33.0 Å². The Kier molecular flexibility index (Phi) is 15.2. The van der Waals surface area contributed by atoms with E-state index in [1.54, 1.807) is 0 Å². The molecule has 1 heterocycles. The maximum absolute atomic E-state index is 10.6. The van der Waals surface area contributed by atoms with Gasteiger partial charge in [0.05, 0.1) is 6.61 Å². The van der Waals surface area contributed by atoms with Gasteiger partial charge in [-0.25, -0.2) is 0 Å². The zero-order valence-electron chi connectivity index (χ0n) is 18.6. The van der Waals surface area contributed by atoms with Crippen molar-refractivity contribution < 1.29 is 28.8 Å². The van der Waals surface area contributed by atoms with E-state index in [4.69, 9.17) is 23.7 Å². The number of aliphatic hydroxyl groups is 1. The Bertz CT molecular complexity index is 354. The monoisotopic (exact) mass is 404 g/mol. The van der Waals surface area contributed by atoms with Crippen LogP contribution in [0.5, 0.6) is 0 Å². The second-order valence-corrected chi connectivity index (χ2v) is 7.56. The van der Waals surface area contributed by atoms with Crippen molar-refractivity contribution in [2.24, 2.45) is 0 Å². The summed E-state index contributed by atoms with van der Waals surface area (Å²) in [5.74, 6) is 0. The van der Waals surface area contributed by atoms with Crippen molar-refractivity contribution in [2.75, 3.05) is 33.0 Å². The van der Waals surface area contributed by atoms with E-state index >= 15 is 0 Å². The highest BCUT2D eigenvalue weighted by Gasteiger charge is 2.47. The number of aliphatic hydroxyl groups excluding tert-OH is 1. The summed E-state index contributed by atoms with van der Waals surface area (Å²) >= 11 is 0. The van der Waals surface area contributed by atoms with E-state index < -0.39 is 12.4 Å². The minimum Gasteiger partial charge on any atom is -0.379 e. The number of rotatable bonds is 17. The maximum atomic E-state index is 10.6. The van der Waals surface area contributed by atoms with Crippen molar-refractivity contribution in [1.82, 2.24) is 0 Å². The van der Waals surface area contributed by atoms with Crippen molar-refractivity contribution in [3.63, 3.8) is 0 Å². The first-order chi connectivity index (χ1) is 13.7. The fraction of sp³-hybridized carbons (Fsp3) is 1.00. The molecule has 0 radical (unpaired) electrons. The highest BCUT2D eigenvalue weighted by molar-refractivity contribution is 4.92. The van der Waals surface area contributed by atoms with Crippen LogP contribution in [0, 0.1) is 0 Å². The summed E-state index contributed by atoms with van der Waals surface area (Å²) in [6.07, 6.45) is 5.53. The summed E-state index contributed by atoms with van der Waals surface area (Å²) in [4.78, 5) is 0. The van der Waals surface area contributed by atoms with Crippen LogP contribution in [0.3, 0.4) is 0 Å². The van der Waals surface area contributed by atoms with Crippen LogP contribution < -0.4 is 0 Å². The van der Waals surface area contributed by atoms with Gasteiger partial charge in [-0.2, -0.15) is 0 Å². The van der Waals surface area contributed by atoms with Gasteiger partial charge in [0.2, 0.25) is 0 Å². The molecule has 6 heteroatoms. The van der Waals surface area contributed by atoms with Crippen LogP contribution in [-0.4, -0.2) is 68.8 Å². The van der Waals surface area contributed by atoms with Gasteiger partial charge >= 0.3 is 0 Å². The van der Waals surface area contributed by atoms with E-state index in [1.807, 2.05) is 0 Å². The van der Waals surface area contributed by atoms with Gasteiger partial charge in [0.15, 0.2) is 6.29 Å². The van der Waals surface area contributed by atoms with Crippen molar-refractivity contribution >= 4 is 0 Å². The first-order valence-corrected chi connectivity index (χ1v) is 11.5. The predicted octanol–water partition coefficient (Wildman–Crippen LogP) is 4.08. The summed E-state index contributed by atoms with van der Waals surface area (Å²) < 4.78 is 30.1. The second kappa shape index (κ2) is 16.5. The molecule has 1 rings (SSSR count). The lowest BCUT2D eigenvalue weighted by Gasteiger charge is -2.44. The Balaban J connectivity index is 2.84. The van der Waals surface area contributed by atoms with Gasteiger partial charge in [0.1, 0.15) is 24.4 Å². The average Bonchev–Trinajstić information content (AvgIpc) is 2.69. The molecule has 3 unspecified atom stereocenters. The molecule has 1 N–H and O–H groups in total. The molecule has 0 spiro atoms. The summed E-state index contributed by atoms with van der Waals surface area (Å²) in [6.45, 7) is 11.5. The van der Waals surface area contributed by atoms with E-state index in [0.717, 1.165) is 51.4 Å². The molecule has 0 aromatic rings. The molecule has 1 saturated heterocycles. The molecule has 6 nitrogen and oxygen atoms in total. The molecule has 0 aromatic heterocycles. The molecule has 0 aliphatic carbocycles. The third-order valence-corrected chi connectivity index (χ3v) is 4.96. The first-order valence-electron chi connectivity index (χ1n) is 11.5. The quantitative estimate of drug-likeness (QED) is 0.369. The summed E-state index contributed by atoms with van der Waals surface area (Å²) in [5.41, 5.74) is 0. The van der Waals surface area contributed by atoms with Crippen molar-refractivity contribution in [3.05, 3.63) is 0 Å². The maximum Gasteiger partial charge on any atom is 0.184 e. The zero-order chi connectivity index (χ0) is 20.6. The Hall–Kier alpha value is -0.240. The second-order valence-electron chi connectivity index (χ2n) is 7.56. The van der Waals surface area contributed by atoms with Gasteiger partial charge in [-0.3, -0.25) is 0 Å². The predicted molar refractivity (Wildman–Crippen MR) is 111 cm³/mol. The van der Waals surface area contributed by atoms with Gasteiger partial charge in [0, 0.05) is 26.4 Å². The Labute approximate surface area is 172 Å². The number of hydrogen-bond donors (Lipinski definition) is 1. The summed E-state index contributed by atoms with van der Waals surface area (Å²) in [6, 6.07) is 0. The Morgan fingerprint density at radius 1 is 0.643 bits per heavy atom. The molecule has 1 fully saturated rings. The molecule has 0 saturated carbocycles. The molecular weight excluding hydrogens is 360 g/mol. The molecule has 1 aliphatic heterocycles. The molecule has 1 aliphatic rings. The standard InChI is InChI=1S/C22H44O6/c1-5-9-13-24-17-18-19(25-14-10-6-2)20(26-15-11-7-3)21(22(23)28-18)27-16-12-8-4/h18-23H,5-17H2,1-4H3/t18?,19-,20-,21?,22?/m0/s1. The number of hydrogen-bond acceptors (Lipinski definition) is 6. The van der Waals surface area contributed by atoms with Crippen LogP contribution in [0.2, 0.25) is 0 Å². The number of unbranched alkanes of at least 4 members (excludes halogenated alkanes) is 4. The lowest BCUT2D eigenvalue weighted by Crippen LogP contribution is -2.61. The van der Waals surface area contributed by atoms with Gasteiger partial charge in [-0.15, -0.1) is 0 Å². The lowest BCUT2D eigenvalue weighted by molar-refractivity contribution is -0.312. The zero-order valence-corrected chi connectivity index (χ0v) is 18.6. The fourth-order valence-corrected chi connectivity index (χ4v) is 3.13. The smallest absolute Gasteiger partial charge is 0.184 e. The minimum absolute atomic E-state index is 0.306. The Morgan fingerprint density at radius 3 is 1.64 bits per heavy atom. The summed E-state index contributed by atoms with van der Waals surface area (Å²) in [5, 5.41) is 10.6. The number of ether oxygens (including phenoxy) is 5. The normalized spacial score (nSPS) is 28.0. The largest absolute Gasteiger partial charge is 0.379 e. The molecule has 0 bridgehead atoms. The minimum atomic E-state index is -1.03. The first kappa shape index (κ1) is 25.8. The van der Waals surface area contributed by atoms with Crippen molar-refractivity contribution in [2.45, 2.75) is 110 Å². The van der Waals surface area contributed by atoms with Gasteiger partial charge < -0.3 is 28.8 Å². The SMILES string of the molecule is CCCCOCC1OC(O)C(OCCCC)[C@@H](OCCCC)[C@H]1OCCCC. The van der Waals surface area contributed by atoms with Gasteiger partial charge in [-0.05, 0) is 25.7 Å². The molecular formula is C22H44O6. The van der Waals surface area contributed by atoms with Crippen LogP contribution in [0.4, 0.5) is 0 Å². The summed E-state index contributed by atoms with van der Waals surface area (Å²) in [7, 11) is 0. The fourth-order valence-electron chi connectivity index (χ4n) is 3.13. The Morgan fingerprint density at radius 2 is 1.11 bits per heavy atom. The molecule has 5 atom stereocenters. The van der Waals surface area contributed by atoms with E-state index in [2.05, 4.69) is 27.7 Å². The van der Waals surface area contributed by atoms with Gasteiger partial charge in [0.25, 0.3) is 0 Å². The third kappa shape index (κ3) is 9.51. The molecule has 28 heavy (non-hydrogen) atoms. The lowest BCUT2D eigenvalue weighted by atomic mass is 9.98. The van der Waals surface area contributed by atoms with Crippen LogP contribution in [-0.2, 0) is 23.7 Å². The third-order valence-electron chi connectivity index (χ3n) is 4.96. The van der Waals surface area contributed by atoms with Crippen LogP contribution in [0.25, 0.3) is 0 Å². The molecule has 0 aromatic carbocycles.